The summed E-state index contributed by atoms with van der Waals surface area (Å²) >= 11 is 0. The van der Waals surface area contributed by atoms with Gasteiger partial charge in [0.2, 0.25) is 5.60 Å². The van der Waals surface area contributed by atoms with Crippen molar-refractivity contribution in [3.05, 3.63) is 12.0 Å². The van der Waals surface area contributed by atoms with Crippen molar-refractivity contribution in [3.8, 4) is 11.6 Å². The number of halogens is 3. The fourth-order valence-electron chi connectivity index (χ4n) is 4.36. The van der Waals surface area contributed by atoms with E-state index in [1.54, 1.807) is 0 Å². The van der Waals surface area contributed by atoms with Crippen LogP contribution in [-0.4, -0.2) is 53.7 Å². The predicted octanol–water partition coefficient (Wildman–Crippen LogP) is 2.80. The van der Waals surface area contributed by atoms with Gasteiger partial charge in [-0.15, -0.1) is 10.2 Å². The molecule has 0 aliphatic carbocycles. The Balaban J connectivity index is 1.92. The van der Waals surface area contributed by atoms with Gasteiger partial charge in [-0.3, -0.25) is 0 Å². The zero-order valence-electron chi connectivity index (χ0n) is 17.4. The molecule has 1 saturated heterocycles. The van der Waals surface area contributed by atoms with Gasteiger partial charge < -0.3 is 20.2 Å². The molecule has 1 unspecified atom stereocenters. The number of anilines is 2. The van der Waals surface area contributed by atoms with Crippen LogP contribution in [0.15, 0.2) is 15.4 Å². The first kappa shape index (κ1) is 22.8. The van der Waals surface area contributed by atoms with Crippen molar-refractivity contribution in [1.29, 1.82) is 0 Å². The molecule has 9 nitrogen and oxygen atoms in total. The Morgan fingerprint density at radius 3 is 2.62 bits per heavy atom. The number of hydrogen-bond donors (Lipinski definition) is 2. The largest absolute Gasteiger partial charge is 0.426 e. The van der Waals surface area contributed by atoms with E-state index >= 15 is 0 Å². The second-order valence-corrected chi connectivity index (χ2v) is 10.4. The minimum atomic E-state index is -5.03. The van der Waals surface area contributed by atoms with Crippen molar-refractivity contribution in [2.75, 3.05) is 23.4 Å². The standard InChI is InChI=1S/C19H24F3N5O4S/c1-32(29,30)13-10-12(23)14-16-25-26-17(31-16)18(28,19(20,21)22)8-4-2-3-6-11-7-5-9-27(11)15(13)24-14/h10-11,28H,2-9,23H2,1H3/t11-,18?/m1/s1. The molecule has 2 atom stereocenters. The number of sulfone groups is 1. The lowest BCUT2D eigenvalue weighted by molar-refractivity contribution is -0.277. The van der Waals surface area contributed by atoms with E-state index < -0.39 is 39.8 Å². The van der Waals surface area contributed by atoms with E-state index in [9.17, 15) is 26.7 Å². The van der Waals surface area contributed by atoms with Gasteiger partial charge in [0.25, 0.3) is 11.8 Å². The van der Waals surface area contributed by atoms with Crippen LogP contribution in [0.2, 0.25) is 0 Å². The number of nitrogens with zero attached hydrogens (tertiary/aromatic N) is 4. The number of alkyl halides is 3. The lowest BCUT2D eigenvalue weighted by Gasteiger charge is -2.29. The van der Waals surface area contributed by atoms with Crippen molar-refractivity contribution in [1.82, 2.24) is 15.2 Å². The van der Waals surface area contributed by atoms with Gasteiger partial charge in [0.1, 0.15) is 10.7 Å². The van der Waals surface area contributed by atoms with Gasteiger partial charge in [-0.25, -0.2) is 13.4 Å². The summed E-state index contributed by atoms with van der Waals surface area (Å²) in [5, 5.41) is 17.5. The monoisotopic (exact) mass is 475 g/mol. The normalized spacial score (nSPS) is 24.8. The van der Waals surface area contributed by atoms with Crippen LogP contribution < -0.4 is 10.6 Å². The van der Waals surface area contributed by atoms with E-state index in [1.165, 1.54) is 6.07 Å². The van der Waals surface area contributed by atoms with Gasteiger partial charge in [0.15, 0.2) is 15.5 Å². The second kappa shape index (κ2) is 7.87. The van der Waals surface area contributed by atoms with E-state index in [1.807, 2.05) is 4.90 Å². The lowest BCUT2D eigenvalue weighted by atomic mass is 9.94. The Morgan fingerprint density at radius 1 is 1.22 bits per heavy atom. The molecule has 32 heavy (non-hydrogen) atoms. The topological polar surface area (TPSA) is 135 Å². The quantitative estimate of drug-likeness (QED) is 0.638. The minimum absolute atomic E-state index is 0.0119. The molecule has 0 radical (unpaired) electrons. The molecule has 0 saturated carbocycles. The highest BCUT2D eigenvalue weighted by Gasteiger charge is 2.58. The van der Waals surface area contributed by atoms with Gasteiger partial charge in [0, 0.05) is 18.8 Å². The predicted molar refractivity (Wildman–Crippen MR) is 108 cm³/mol. The fraction of sp³-hybridized carbons (Fsp3) is 0.632. The van der Waals surface area contributed by atoms with Crippen molar-refractivity contribution in [2.24, 2.45) is 0 Å². The van der Waals surface area contributed by atoms with E-state index in [0.29, 0.717) is 25.8 Å². The van der Waals surface area contributed by atoms with Crippen LogP contribution in [-0.2, 0) is 15.4 Å². The summed E-state index contributed by atoms with van der Waals surface area (Å²) in [4.78, 5) is 6.23. The highest BCUT2D eigenvalue weighted by molar-refractivity contribution is 7.90. The molecule has 2 aliphatic heterocycles. The SMILES string of the molecule is CS(=O)(=O)c1cc(N)c2nc1N1CCC[C@H]1CCCCCC(O)(C(F)(F)F)c1nnc-2o1. The van der Waals surface area contributed by atoms with Crippen LogP contribution in [0.1, 0.15) is 50.8 Å². The fourth-order valence-corrected chi connectivity index (χ4v) is 5.19. The Kier molecular flexibility index (Phi) is 5.60. The molecule has 0 spiro atoms. The summed E-state index contributed by atoms with van der Waals surface area (Å²) in [6, 6.07) is 1.20. The van der Waals surface area contributed by atoms with Crippen LogP contribution >= 0.6 is 0 Å². The number of aromatic nitrogens is 3. The van der Waals surface area contributed by atoms with Gasteiger partial charge >= 0.3 is 6.18 Å². The third-order valence-electron chi connectivity index (χ3n) is 6.07. The van der Waals surface area contributed by atoms with E-state index in [0.717, 1.165) is 19.1 Å². The van der Waals surface area contributed by atoms with Gasteiger partial charge in [0.05, 0.1) is 5.69 Å². The first-order valence-electron chi connectivity index (χ1n) is 10.3. The zero-order valence-corrected chi connectivity index (χ0v) is 18.2. The number of fused-ring (bicyclic) bond motifs is 7. The summed E-state index contributed by atoms with van der Waals surface area (Å²) in [6.07, 6.45) is -1.15. The Morgan fingerprint density at radius 2 is 1.94 bits per heavy atom. The molecule has 0 aromatic carbocycles. The number of aliphatic hydroxyl groups is 1. The molecular formula is C19H24F3N5O4S. The third kappa shape index (κ3) is 3.91. The van der Waals surface area contributed by atoms with Crippen molar-refractivity contribution in [3.63, 3.8) is 0 Å². The van der Waals surface area contributed by atoms with Gasteiger partial charge in [-0.05, 0) is 38.2 Å². The summed E-state index contributed by atoms with van der Waals surface area (Å²) in [5.74, 6) is -1.25. The summed E-state index contributed by atoms with van der Waals surface area (Å²) in [6.45, 7) is 0.590. The maximum atomic E-state index is 13.7. The van der Waals surface area contributed by atoms with Crippen molar-refractivity contribution >= 4 is 21.3 Å². The zero-order chi connectivity index (χ0) is 23.3. The molecule has 176 valence electrons. The highest BCUT2D eigenvalue weighted by atomic mass is 32.2. The lowest BCUT2D eigenvalue weighted by Crippen LogP contribution is -2.42. The number of nitrogens with two attached hydrogens (primary N) is 1. The van der Waals surface area contributed by atoms with E-state index in [4.69, 9.17) is 10.2 Å². The first-order chi connectivity index (χ1) is 14.9. The van der Waals surface area contributed by atoms with E-state index in [2.05, 4.69) is 15.2 Å². The molecule has 4 rings (SSSR count). The summed E-state index contributed by atoms with van der Waals surface area (Å²) < 4.78 is 71.3. The summed E-state index contributed by atoms with van der Waals surface area (Å²) in [5.41, 5.74) is 2.44. The van der Waals surface area contributed by atoms with Crippen LogP contribution in [0.3, 0.4) is 0 Å². The smallest absolute Gasteiger partial charge is 0.416 e. The highest BCUT2D eigenvalue weighted by Crippen LogP contribution is 2.44. The Bertz CT molecular complexity index is 1120. The average Bonchev–Trinajstić information content (AvgIpc) is 3.35. The minimum Gasteiger partial charge on any atom is -0.416 e. The Hall–Kier alpha value is -2.41. The molecule has 0 amide bonds. The molecule has 3 N–H and O–H groups in total. The molecule has 2 aromatic heterocycles. The average molecular weight is 475 g/mol. The van der Waals surface area contributed by atoms with Crippen molar-refractivity contribution < 1.29 is 31.1 Å². The number of hydrogen-bond acceptors (Lipinski definition) is 9. The molecule has 1 fully saturated rings. The van der Waals surface area contributed by atoms with Crippen LogP contribution in [0.25, 0.3) is 11.6 Å². The molecule has 4 bridgehead atoms. The molecule has 2 aromatic rings. The Labute approximate surface area is 182 Å². The van der Waals surface area contributed by atoms with Crippen LogP contribution in [0.4, 0.5) is 24.7 Å². The maximum Gasteiger partial charge on any atom is 0.426 e. The molecule has 4 heterocycles. The maximum absolute atomic E-state index is 13.7. The number of rotatable bonds is 1. The third-order valence-corrected chi connectivity index (χ3v) is 7.17. The van der Waals surface area contributed by atoms with Gasteiger partial charge in [-0.1, -0.05) is 12.8 Å². The number of pyridine rings is 1. The molecule has 13 heteroatoms. The van der Waals surface area contributed by atoms with Gasteiger partial charge in [-0.2, -0.15) is 13.2 Å². The molecule has 2 aliphatic rings. The van der Waals surface area contributed by atoms with Crippen molar-refractivity contribution in [2.45, 2.75) is 67.7 Å². The second-order valence-electron chi connectivity index (χ2n) is 8.38. The first-order valence-corrected chi connectivity index (χ1v) is 12.2. The molecular weight excluding hydrogens is 451 g/mol. The van der Waals surface area contributed by atoms with Crippen LogP contribution in [0.5, 0.6) is 0 Å². The van der Waals surface area contributed by atoms with Crippen LogP contribution in [0, 0.1) is 0 Å². The summed E-state index contributed by atoms with van der Waals surface area (Å²) in [7, 11) is -3.70. The number of nitrogen functional groups attached to an aromatic ring is 1. The van der Waals surface area contributed by atoms with E-state index in [-0.39, 0.29) is 34.6 Å².